The molecule has 0 aliphatic heterocycles. The van der Waals surface area contributed by atoms with Gasteiger partial charge in [-0.25, -0.2) is 0 Å². The predicted molar refractivity (Wildman–Crippen MR) is 62.4 cm³/mol. The van der Waals surface area contributed by atoms with E-state index in [1.54, 1.807) is 0 Å². The first kappa shape index (κ1) is 17.2. The maximum Gasteiger partial charge on any atom is 1.00 e. The monoisotopic (exact) mass is 208 g/mol. The average molecular weight is 208 g/mol. The molecule has 0 aliphatic rings. The summed E-state index contributed by atoms with van der Waals surface area (Å²) >= 11 is 0. The fourth-order valence-corrected chi connectivity index (χ4v) is 1.91. The van der Waals surface area contributed by atoms with E-state index >= 15 is 0 Å². The third-order valence-corrected chi connectivity index (χ3v) is 7.45. The van der Waals surface area contributed by atoms with Crippen LogP contribution in [0.15, 0.2) is 0 Å². The molecular weight excluding hydrogens is 183 g/mol. The van der Waals surface area contributed by atoms with Crippen LogP contribution >= 0.6 is 0 Å². The Morgan fingerprint density at radius 3 is 2.00 bits per heavy atom. The first-order chi connectivity index (χ1) is 5.81. The first-order valence-electron chi connectivity index (χ1n) is 5.24. The molecule has 0 saturated heterocycles. The molecule has 0 aliphatic carbocycles. The van der Waals surface area contributed by atoms with E-state index in [4.69, 9.17) is 4.43 Å². The maximum atomic E-state index is 6.01. The predicted octanol–water partition coefficient (Wildman–Crippen LogP) is 1.02. The van der Waals surface area contributed by atoms with Crippen LogP contribution in [0.25, 0.3) is 0 Å². The summed E-state index contributed by atoms with van der Waals surface area (Å²) < 4.78 is 6.01. The van der Waals surface area contributed by atoms with Gasteiger partial charge in [0.2, 0.25) is 0 Å². The Morgan fingerprint density at radius 2 is 1.64 bits per heavy atom. The van der Waals surface area contributed by atoms with E-state index in [1.807, 2.05) is 0 Å². The molecule has 0 N–H and O–H groups in total. The zero-order valence-electron chi connectivity index (χ0n) is 10.9. The van der Waals surface area contributed by atoms with Crippen LogP contribution in [0, 0.1) is 6.92 Å². The van der Waals surface area contributed by atoms with Crippen molar-refractivity contribution in [3.63, 3.8) is 0 Å². The Bertz CT molecular complexity index is 141. The Labute approximate surface area is 103 Å². The van der Waals surface area contributed by atoms with Gasteiger partial charge in [0.1, 0.15) is 0 Å². The van der Waals surface area contributed by atoms with Gasteiger partial charge in [0.25, 0.3) is 0 Å². The maximum absolute atomic E-state index is 6.01. The SMILES string of the molecule is [CH2-]CCCCO[Si](C)(C)C(C)(C)C.[Li+]. The van der Waals surface area contributed by atoms with E-state index in [0.717, 1.165) is 19.4 Å². The van der Waals surface area contributed by atoms with Crippen molar-refractivity contribution in [2.24, 2.45) is 0 Å². The second kappa shape index (κ2) is 7.11. The van der Waals surface area contributed by atoms with Crippen molar-refractivity contribution in [2.75, 3.05) is 6.61 Å². The molecule has 0 spiro atoms. The molecule has 0 bridgehead atoms. The molecule has 0 atom stereocenters. The second-order valence-corrected chi connectivity index (χ2v) is 9.98. The molecule has 1 nitrogen and oxygen atoms in total. The van der Waals surface area contributed by atoms with E-state index < -0.39 is 8.32 Å². The molecule has 3 heteroatoms. The summed E-state index contributed by atoms with van der Waals surface area (Å²) in [6, 6.07) is 0. The Morgan fingerprint density at radius 1 is 1.14 bits per heavy atom. The van der Waals surface area contributed by atoms with Crippen LogP contribution in [0.3, 0.4) is 0 Å². The van der Waals surface area contributed by atoms with Crippen molar-refractivity contribution >= 4 is 8.32 Å². The molecule has 0 saturated carbocycles. The molecule has 0 aromatic rings. The van der Waals surface area contributed by atoms with Crippen molar-refractivity contribution in [1.82, 2.24) is 0 Å². The van der Waals surface area contributed by atoms with Crippen molar-refractivity contribution in [3.05, 3.63) is 6.92 Å². The third-order valence-electron chi connectivity index (χ3n) is 2.91. The molecule has 0 rings (SSSR count). The number of hydrogen-bond acceptors (Lipinski definition) is 1. The number of rotatable bonds is 5. The summed E-state index contributed by atoms with van der Waals surface area (Å²) in [5, 5.41) is 0.345. The topological polar surface area (TPSA) is 9.23 Å². The van der Waals surface area contributed by atoms with Gasteiger partial charge in [-0.15, -0.1) is 0 Å². The van der Waals surface area contributed by atoms with E-state index in [1.165, 1.54) is 6.42 Å². The molecule has 0 radical (unpaired) electrons. The van der Waals surface area contributed by atoms with Crippen LogP contribution in [0.5, 0.6) is 0 Å². The summed E-state index contributed by atoms with van der Waals surface area (Å²) in [5.74, 6) is 0. The fourth-order valence-electron chi connectivity index (χ4n) is 0.823. The summed E-state index contributed by atoms with van der Waals surface area (Å²) in [6.07, 6.45) is 3.38. The minimum atomic E-state index is -1.48. The summed E-state index contributed by atoms with van der Waals surface area (Å²) in [7, 11) is -1.48. The smallest absolute Gasteiger partial charge is 0.417 e. The molecule has 0 amide bonds. The van der Waals surface area contributed by atoms with Crippen LogP contribution in [0.2, 0.25) is 18.1 Å². The number of unbranched alkanes of at least 4 members (excludes halogenated alkanes) is 2. The van der Waals surface area contributed by atoms with Crippen molar-refractivity contribution in [1.29, 1.82) is 0 Å². The molecule has 0 unspecified atom stereocenters. The molecular formula is C11H25LiOSi. The van der Waals surface area contributed by atoms with Gasteiger partial charge in [0, 0.05) is 6.61 Å². The van der Waals surface area contributed by atoms with Gasteiger partial charge in [-0.05, 0) is 24.6 Å². The number of hydrogen-bond donors (Lipinski definition) is 0. The zero-order chi connectivity index (χ0) is 10.5. The largest absolute Gasteiger partial charge is 1.00 e. The van der Waals surface area contributed by atoms with Gasteiger partial charge in [0.15, 0.2) is 8.32 Å². The average Bonchev–Trinajstić information content (AvgIpc) is 1.96. The molecule has 14 heavy (non-hydrogen) atoms. The Balaban J connectivity index is 0. The van der Waals surface area contributed by atoms with Crippen molar-refractivity contribution < 1.29 is 23.3 Å². The molecule has 0 aromatic carbocycles. The quantitative estimate of drug-likeness (QED) is 0.372. The van der Waals surface area contributed by atoms with Crippen LogP contribution in [-0.2, 0) is 4.43 Å². The van der Waals surface area contributed by atoms with Gasteiger partial charge >= 0.3 is 18.9 Å². The summed E-state index contributed by atoms with van der Waals surface area (Å²) in [6.45, 7) is 16.2. The van der Waals surface area contributed by atoms with E-state index in [2.05, 4.69) is 40.8 Å². The summed E-state index contributed by atoms with van der Waals surface area (Å²) in [5.41, 5.74) is 0. The second-order valence-electron chi connectivity index (χ2n) is 5.17. The van der Waals surface area contributed by atoms with Crippen molar-refractivity contribution in [3.8, 4) is 0 Å². The van der Waals surface area contributed by atoms with Crippen LogP contribution in [0.1, 0.15) is 40.0 Å². The van der Waals surface area contributed by atoms with E-state index in [9.17, 15) is 0 Å². The minimum Gasteiger partial charge on any atom is -0.417 e. The molecule has 0 fully saturated rings. The minimum absolute atomic E-state index is 0. The Hall–Kier alpha value is 0.774. The van der Waals surface area contributed by atoms with Gasteiger partial charge in [0.05, 0.1) is 0 Å². The first-order valence-corrected chi connectivity index (χ1v) is 8.15. The molecule has 0 aromatic heterocycles. The van der Waals surface area contributed by atoms with Gasteiger partial charge in [-0.1, -0.05) is 27.2 Å². The third kappa shape index (κ3) is 6.29. The van der Waals surface area contributed by atoms with E-state index in [-0.39, 0.29) is 18.9 Å². The molecule has 0 heterocycles. The zero-order valence-corrected chi connectivity index (χ0v) is 11.9. The Kier molecular flexibility index (Phi) is 8.73. The van der Waals surface area contributed by atoms with Crippen LogP contribution < -0.4 is 18.9 Å². The van der Waals surface area contributed by atoms with Crippen molar-refractivity contribution in [2.45, 2.75) is 58.2 Å². The summed E-state index contributed by atoms with van der Waals surface area (Å²) in [4.78, 5) is 0. The van der Waals surface area contributed by atoms with E-state index in [0.29, 0.717) is 5.04 Å². The standard InChI is InChI=1S/C11H25OSi.Li/c1-7-8-9-10-12-13(5,6)11(2,3)4;/h1,7-10H2,2-6H3;/q-1;+1. The van der Waals surface area contributed by atoms with Crippen LogP contribution in [-0.4, -0.2) is 14.9 Å². The van der Waals surface area contributed by atoms with Gasteiger partial charge < -0.3 is 11.3 Å². The molecule has 80 valence electrons. The van der Waals surface area contributed by atoms with Gasteiger partial charge in [-0.3, -0.25) is 0 Å². The van der Waals surface area contributed by atoms with Crippen LogP contribution in [0.4, 0.5) is 0 Å². The van der Waals surface area contributed by atoms with Gasteiger partial charge in [-0.2, -0.15) is 6.42 Å². The normalized spacial score (nSPS) is 12.4. The fraction of sp³-hybridized carbons (Fsp3) is 0.909.